The SMILES string of the molecule is CC(C)(C)C1CC(CN2C(=O)Cc3cnc(N)nc3-c3ccccc32)CCN1C(=O)O.CCN(CC)CCCN1C(=O)Cc2cnc(N)nc2-c2ccccc21. The molecule has 2 aromatic carbocycles. The largest absolute Gasteiger partial charge is 0.465 e. The number of nitrogen functional groups attached to an aromatic ring is 2. The molecule has 2 unspecified atom stereocenters. The molecule has 2 aromatic heterocycles. The lowest BCUT2D eigenvalue weighted by Crippen LogP contribution is -2.53. The van der Waals surface area contributed by atoms with Crippen LogP contribution in [0.5, 0.6) is 0 Å². The molecule has 0 spiro atoms. The molecule has 14 heteroatoms. The van der Waals surface area contributed by atoms with E-state index in [1.807, 2.05) is 58.3 Å². The van der Waals surface area contributed by atoms with Crippen molar-refractivity contribution in [2.24, 2.45) is 11.3 Å². The Morgan fingerprint density at radius 2 is 1.36 bits per heavy atom. The standard InChI is InChI=1S/C23H29N5O3.C19H25N5O/c1-23(2,3)18-10-14(8-9-27(18)22(30)31)13-28-17-7-5-4-6-16(17)20-15(11-19(28)29)12-25-21(24)26-20;1-3-23(4-2)10-7-11-24-16-9-6-5-8-15(16)18-14(12-17(24)25)13-21-19(20)22-18/h4-7,12,14,18H,8-11,13H2,1-3H3,(H,30,31)(H2,24,25,26);5-6,8-9,13H,3-4,7,10-12H2,1-2H3,(H2,20,21,22). The van der Waals surface area contributed by atoms with Crippen molar-refractivity contribution in [3.05, 3.63) is 72.1 Å². The summed E-state index contributed by atoms with van der Waals surface area (Å²) in [7, 11) is 0. The van der Waals surface area contributed by atoms with Gasteiger partial charge in [-0.25, -0.2) is 24.7 Å². The van der Waals surface area contributed by atoms with Crippen LogP contribution in [-0.4, -0.2) is 98.1 Å². The first kappa shape index (κ1) is 40.0. The Kier molecular flexibility index (Phi) is 12.2. The zero-order valence-electron chi connectivity index (χ0n) is 33.1. The minimum absolute atomic E-state index is 0.00690. The molecule has 0 radical (unpaired) electrons. The summed E-state index contributed by atoms with van der Waals surface area (Å²) in [5.74, 6) is 0.695. The normalized spacial score (nSPS) is 17.9. The molecule has 0 saturated carbocycles. The molecule has 3 amide bonds. The molecular formula is C42H54N10O4. The van der Waals surface area contributed by atoms with Gasteiger partial charge in [0.15, 0.2) is 0 Å². The predicted octanol–water partition coefficient (Wildman–Crippen LogP) is 5.77. The number of nitrogens with two attached hydrogens (primary N) is 2. The van der Waals surface area contributed by atoms with Gasteiger partial charge >= 0.3 is 6.09 Å². The highest BCUT2D eigenvalue weighted by Crippen LogP contribution is 2.40. The minimum Gasteiger partial charge on any atom is -0.465 e. The summed E-state index contributed by atoms with van der Waals surface area (Å²) in [6, 6.07) is 15.5. The number of anilines is 4. The minimum atomic E-state index is -0.874. The molecule has 296 valence electrons. The monoisotopic (exact) mass is 762 g/mol. The number of piperidine rings is 1. The Morgan fingerprint density at radius 1 is 0.839 bits per heavy atom. The molecule has 3 aliphatic heterocycles. The average molecular weight is 763 g/mol. The van der Waals surface area contributed by atoms with E-state index in [1.54, 1.807) is 17.3 Å². The van der Waals surface area contributed by atoms with Crippen LogP contribution in [0.1, 0.15) is 65.0 Å². The maximum atomic E-state index is 13.3. The van der Waals surface area contributed by atoms with Gasteiger partial charge < -0.3 is 36.2 Å². The lowest BCUT2D eigenvalue weighted by atomic mass is 9.77. The highest BCUT2D eigenvalue weighted by Gasteiger charge is 2.40. The summed E-state index contributed by atoms with van der Waals surface area (Å²) in [6.45, 7) is 15.3. The summed E-state index contributed by atoms with van der Waals surface area (Å²) in [4.78, 5) is 62.5. The number of fused-ring (bicyclic) bond motifs is 6. The van der Waals surface area contributed by atoms with Crippen molar-refractivity contribution in [3.8, 4) is 22.5 Å². The first-order valence-corrected chi connectivity index (χ1v) is 19.5. The molecule has 5 N–H and O–H groups in total. The van der Waals surface area contributed by atoms with Crippen LogP contribution in [0.25, 0.3) is 22.5 Å². The Hall–Kier alpha value is -5.63. The molecular weight excluding hydrogens is 709 g/mol. The number of amides is 3. The van der Waals surface area contributed by atoms with Crippen LogP contribution in [0.4, 0.5) is 28.1 Å². The number of rotatable bonds is 8. The number of aromatic nitrogens is 4. The van der Waals surface area contributed by atoms with Crippen molar-refractivity contribution in [3.63, 3.8) is 0 Å². The molecule has 5 heterocycles. The number of hydrogen-bond acceptors (Lipinski definition) is 10. The van der Waals surface area contributed by atoms with Gasteiger partial charge in [-0.15, -0.1) is 0 Å². The summed E-state index contributed by atoms with van der Waals surface area (Å²) in [5, 5.41) is 9.65. The predicted molar refractivity (Wildman–Crippen MR) is 219 cm³/mol. The summed E-state index contributed by atoms with van der Waals surface area (Å²) >= 11 is 0. The second-order valence-corrected chi connectivity index (χ2v) is 15.8. The number of carboxylic acid groups (broad SMARTS) is 1. The second kappa shape index (κ2) is 17.0. The number of para-hydroxylation sites is 2. The lowest BCUT2D eigenvalue weighted by molar-refractivity contribution is -0.118. The third-order valence-electron chi connectivity index (χ3n) is 11.1. The quantitative estimate of drug-likeness (QED) is 0.198. The molecule has 0 aliphatic carbocycles. The van der Waals surface area contributed by atoms with E-state index in [9.17, 15) is 19.5 Å². The van der Waals surface area contributed by atoms with Crippen LogP contribution >= 0.6 is 0 Å². The number of carbonyl (C=O) groups excluding carboxylic acids is 2. The third kappa shape index (κ3) is 8.75. The average Bonchev–Trinajstić information content (AvgIpc) is 3.36. The van der Waals surface area contributed by atoms with Gasteiger partial charge in [-0.05, 0) is 62.4 Å². The first-order valence-electron chi connectivity index (χ1n) is 19.5. The fourth-order valence-corrected chi connectivity index (χ4v) is 8.12. The van der Waals surface area contributed by atoms with Crippen LogP contribution in [0.3, 0.4) is 0 Å². The topological polar surface area (TPSA) is 188 Å². The smallest absolute Gasteiger partial charge is 0.407 e. The zero-order chi connectivity index (χ0) is 40.1. The maximum absolute atomic E-state index is 13.3. The maximum Gasteiger partial charge on any atom is 0.407 e. The van der Waals surface area contributed by atoms with Gasteiger partial charge in [0.25, 0.3) is 0 Å². The van der Waals surface area contributed by atoms with Gasteiger partial charge in [0, 0.05) is 60.3 Å². The molecule has 3 aliphatic rings. The van der Waals surface area contributed by atoms with Crippen LogP contribution in [0.15, 0.2) is 60.9 Å². The highest BCUT2D eigenvalue weighted by atomic mass is 16.4. The zero-order valence-corrected chi connectivity index (χ0v) is 33.1. The Bertz CT molecular complexity index is 2060. The van der Waals surface area contributed by atoms with E-state index in [0.717, 1.165) is 78.2 Å². The number of benzene rings is 2. The molecule has 1 fully saturated rings. The molecule has 14 nitrogen and oxygen atoms in total. The van der Waals surface area contributed by atoms with E-state index in [1.165, 1.54) is 0 Å². The van der Waals surface area contributed by atoms with E-state index < -0.39 is 6.09 Å². The number of likely N-dealkylation sites (tertiary alicyclic amines) is 1. The van der Waals surface area contributed by atoms with E-state index in [-0.39, 0.29) is 47.5 Å². The van der Waals surface area contributed by atoms with E-state index >= 15 is 0 Å². The van der Waals surface area contributed by atoms with Gasteiger partial charge in [-0.1, -0.05) is 71.0 Å². The van der Waals surface area contributed by atoms with Crippen molar-refractivity contribution >= 4 is 41.2 Å². The molecule has 2 atom stereocenters. The molecule has 1 saturated heterocycles. The number of carbonyl (C=O) groups is 3. The van der Waals surface area contributed by atoms with Gasteiger partial charge in [-0.2, -0.15) is 0 Å². The van der Waals surface area contributed by atoms with E-state index in [0.29, 0.717) is 31.7 Å². The van der Waals surface area contributed by atoms with Crippen LogP contribution in [0, 0.1) is 11.3 Å². The number of hydrogen-bond donors (Lipinski definition) is 3. The van der Waals surface area contributed by atoms with Crippen molar-refractivity contribution in [2.75, 3.05) is 60.5 Å². The van der Waals surface area contributed by atoms with E-state index in [4.69, 9.17) is 11.5 Å². The van der Waals surface area contributed by atoms with Crippen molar-refractivity contribution in [1.29, 1.82) is 0 Å². The highest BCUT2D eigenvalue weighted by molar-refractivity contribution is 6.03. The third-order valence-corrected chi connectivity index (χ3v) is 11.1. The molecule has 56 heavy (non-hydrogen) atoms. The van der Waals surface area contributed by atoms with E-state index in [2.05, 4.69) is 59.5 Å². The van der Waals surface area contributed by atoms with Gasteiger partial charge in [0.1, 0.15) is 0 Å². The van der Waals surface area contributed by atoms with Crippen LogP contribution in [0.2, 0.25) is 0 Å². The van der Waals surface area contributed by atoms with Crippen LogP contribution in [-0.2, 0) is 22.4 Å². The van der Waals surface area contributed by atoms with Gasteiger partial charge in [0.05, 0.1) is 35.6 Å². The summed E-state index contributed by atoms with van der Waals surface area (Å²) in [6.07, 6.45) is 5.33. The Morgan fingerprint density at radius 3 is 1.88 bits per heavy atom. The first-order chi connectivity index (χ1) is 26.8. The van der Waals surface area contributed by atoms with Crippen LogP contribution < -0.4 is 21.3 Å². The van der Waals surface area contributed by atoms with Gasteiger partial charge in [0.2, 0.25) is 23.7 Å². The van der Waals surface area contributed by atoms with Gasteiger partial charge in [-0.3, -0.25) is 9.59 Å². The molecule has 4 aromatic rings. The fraction of sp³-hybridized carbons (Fsp3) is 0.452. The fourth-order valence-electron chi connectivity index (χ4n) is 8.12. The second-order valence-electron chi connectivity index (χ2n) is 15.8. The van der Waals surface area contributed by atoms with Crippen molar-refractivity contribution in [2.45, 2.75) is 72.8 Å². The Balaban J connectivity index is 0.000000194. The van der Waals surface area contributed by atoms with Crippen molar-refractivity contribution in [1.82, 2.24) is 29.7 Å². The molecule has 7 rings (SSSR count). The number of nitrogens with zero attached hydrogens (tertiary/aromatic N) is 8. The summed E-state index contributed by atoms with van der Waals surface area (Å²) < 4.78 is 0. The lowest BCUT2D eigenvalue weighted by Gasteiger charge is -2.45. The molecule has 0 bridgehead atoms. The van der Waals surface area contributed by atoms with Crippen molar-refractivity contribution < 1.29 is 19.5 Å². The Labute approximate surface area is 328 Å². The summed E-state index contributed by atoms with van der Waals surface area (Å²) in [5.41, 5.74) is 18.0.